The third-order valence-corrected chi connectivity index (χ3v) is 8.38. The highest BCUT2D eigenvalue weighted by molar-refractivity contribution is 6.16. The first-order valence-electron chi connectivity index (χ1n) is 15.0. The van der Waals surface area contributed by atoms with Gasteiger partial charge in [-0.1, -0.05) is 127 Å². The summed E-state index contributed by atoms with van der Waals surface area (Å²) in [5, 5.41) is 2.49. The molecule has 0 aliphatic heterocycles. The van der Waals surface area contributed by atoms with Crippen LogP contribution in [-0.4, -0.2) is 4.57 Å². The molecule has 0 unspecified atom stereocenters. The van der Waals surface area contributed by atoms with Crippen LogP contribution >= 0.6 is 0 Å². The number of anilines is 3. The Morgan fingerprint density at radius 3 is 1.55 bits per heavy atom. The van der Waals surface area contributed by atoms with Gasteiger partial charge < -0.3 is 9.47 Å². The lowest BCUT2D eigenvalue weighted by Crippen LogP contribution is -2.09. The fourth-order valence-corrected chi connectivity index (χ4v) is 6.36. The molecule has 0 bridgehead atoms. The Morgan fingerprint density at radius 2 is 0.909 bits per heavy atom. The fourth-order valence-electron chi connectivity index (χ4n) is 6.36. The van der Waals surface area contributed by atoms with Crippen molar-refractivity contribution in [3.8, 4) is 27.9 Å². The Kier molecular flexibility index (Phi) is 6.51. The van der Waals surface area contributed by atoms with Crippen LogP contribution in [0.5, 0.6) is 0 Å². The molecule has 44 heavy (non-hydrogen) atoms. The van der Waals surface area contributed by atoms with E-state index in [9.17, 15) is 0 Å². The Morgan fingerprint density at radius 1 is 0.364 bits per heavy atom. The number of hydrogen-bond donors (Lipinski definition) is 0. The zero-order valence-corrected chi connectivity index (χ0v) is 24.2. The highest BCUT2D eigenvalue weighted by Gasteiger charge is 2.19. The molecule has 0 fully saturated rings. The fraction of sp³-hybridized carbons (Fsp3) is 0. The maximum atomic E-state index is 2.41. The monoisotopic (exact) mass is 562 g/mol. The second kappa shape index (κ2) is 11.1. The normalized spacial score (nSPS) is 11.2. The molecule has 0 amide bonds. The molecule has 0 atom stereocenters. The Labute approximate surface area is 257 Å². The van der Waals surface area contributed by atoms with Crippen LogP contribution in [-0.2, 0) is 0 Å². The van der Waals surface area contributed by atoms with Crippen molar-refractivity contribution in [2.45, 2.75) is 0 Å². The number of rotatable bonds is 6. The topological polar surface area (TPSA) is 8.17 Å². The molecule has 2 heteroatoms. The van der Waals surface area contributed by atoms with Crippen LogP contribution in [0.25, 0.3) is 49.7 Å². The second-order valence-electron chi connectivity index (χ2n) is 11.0. The molecule has 0 aliphatic rings. The lowest BCUT2D eigenvalue weighted by atomic mass is 9.97. The quantitative estimate of drug-likeness (QED) is 0.196. The molecule has 0 N–H and O–H groups in total. The van der Waals surface area contributed by atoms with Crippen molar-refractivity contribution in [3.63, 3.8) is 0 Å². The highest BCUT2D eigenvalue weighted by atomic mass is 15.1. The number of hydrogen-bond acceptors (Lipinski definition) is 1. The first kappa shape index (κ1) is 25.8. The van der Waals surface area contributed by atoms with Crippen molar-refractivity contribution < 1.29 is 0 Å². The van der Waals surface area contributed by atoms with E-state index in [1.165, 1.54) is 44.1 Å². The minimum Gasteiger partial charge on any atom is -0.310 e. The van der Waals surface area contributed by atoms with E-state index in [1.807, 2.05) is 0 Å². The van der Waals surface area contributed by atoms with Gasteiger partial charge in [0, 0.05) is 33.5 Å². The standard InChI is InChI=1S/C42H30N2/c1-5-14-31(15-6-1)32-24-26-33(27-25-32)38-22-13-23-40-42(38)39-29-28-37(30-41(39)44(40)36-20-11-4-12-21-36)43(34-16-7-2-8-17-34)35-18-9-3-10-19-35/h1-30H. The van der Waals surface area contributed by atoms with Crippen LogP contribution in [0, 0.1) is 0 Å². The Hall–Kier alpha value is -5.86. The summed E-state index contributed by atoms with van der Waals surface area (Å²) >= 11 is 0. The summed E-state index contributed by atoms with van der Waals surface area (Å²) in [4.78, 5) is 2.33. The molecule has 8 rings (SSSR count). The van der Waals surface area contributed by atoms with Gasteiger partial charge in [0.1, 0.15) is 0 Å². The van der Waals surface area contributed by atoms with Gasteiger partial charge in [0.25, 0.3) is 0 Å². The Balaban J connectivity index is 1.36. The van der Waals surface area contributed by atoms with Gasteiger partial charge in [0.05, 0.1) is 11.0 Å². The first-order chi connectivity index (χ1) is 21.8. The third kappa shape index (κ3) is 4.54. The summed E-state index contributed by atoms with van der Waals surface area (Å²) in [6.07, 6.45) is 0. The summed E-state index contributed by atoms with van der Waals surface area (Å²) in [5.41, 5.74) is 11.8. The summed E-state index contributed by atoms with van der Waals surface area (Å²) < 4.78 is 2.41. The average molecular weight is 563 g/mol. The molecule has 0 aliphatic carbocycles. The van der Waals surface area contributed by atoms with Crippen LogP contribution in [0.3, 0.4) is 0 Å². The van der Waals surface area contributed by atoms with E-state index in [0.717, 1.165) is 22.7 Å². The molecule has 7 aromatic carbocycles. The van der Waals surface area contributed by atoms with Crippen molar-refractivity contribution in [2.24, 2.45) is 0 Å². The molecule has 2 nitrogen and oxygen atoms in total. The lowest BCUT2D eigenvalue weighted by molar-refractivity contribution is 1.18. The van der Waals surface area contributed by atoms with Gasteiger partial charge >= 0.3 is 0 Å². The smallest absolute Gasteiger partial charge is 0.0562 e. The van der Waals surface area contributed by atoms with Gasteiger partial charge in [-0.15, -0.1) is 0 Å². The van der Waals surface area contributed by atoms with Gasteiger partial charge in [-0.2, -0.15) is 0 Å². The average Bonchev–Trinajstić information content (AvgIpc) is 3.44. The molecule has 8 aromatic rings. The van der Waals surface area contributed by atoms with Crippen LogP contribution < -0.4 is 4.90 Å². The molecular weight excluding hydrogens is 532 g/mol. The van der Waals surface area contributed by atoms with E-state index in [1.54, 1.807) is 0 Å². The van der Waals surface area contributed by atoms with Crippen LogP contribution in [0.1, 0.15) is 0 Å². The van der Waals surface area contributed by atoms with Crippen molar-refractivity contribution >= 4 is 38.9 Å². The van der Waals surface area contributed by atoms with Crippen LogP contribution in [0.4, 0.5) is 17.1 Å². The molecule has 0 radical (unpaired) electrons. The second-order valence-corrected chi connectivity index (χ2v) is 11.0. The summed E-state index contributed by atoms with van der Waals surface area (Å²) in [7, 11) is 0. The molecule has 0 saturated heterocycles. The van der Waals surface area contributed by atoms with Crippen molar-refractivity contribution in [2.75, 3.05) is 4.90 Å². The van der Waals surface area contributed by atoms with Gasteiger partial charge in [-0.25, -0.2) is 0 Å². The minimum absolute atomic E-state index is 1.11. The Bertz CT molecular complexity index is 2140. The van der Waals surface area contributed by atoms with Crippen molar-refractivity contribution in [3.05, 3.63) is 182 Å². The maximum absolute atomic E-state index is 2.41. The maximum Gasteiger partial charge on any atom is 0.0562 e. The molecule has 0 spiro atoms. The molecule has 208 valence electrons. The van der Waals surface area contributed by atoms with E-state index < -0.39 is 0 Å². The summed E-state index contributed by atoms with van der Waals surface area (Å²) in [6.45, 7) is 0. The summed E-state index contributed by atoms with van der Waals surface area (Å²) in [5.74, 6) is 0. The van der Waals surface area contributed by atoms with E-state index in [4.69, 9.17) is 0 Å². The third-order valence-electron chi connectivity index (χ3n) is 8.38. The molecule has 1 heterocycles. The zero-order valence-electron chi connectivity index (χ0n) is 24.2. The SMILES string of the molecule is c1ccc(-c2ccc(-c3cccc4c3c3ccc(N(c5ccccc5)c5ccccc5)cc3n4-c3ccccc3)cc2)cc1. The number of nitrogens with zero attached hydrogens (tertiary/aromatic N) is 2. The van der Waals surface area contributed by atoms with Gasteiger partial charge in [-0.05, 0) is 76.9 Å². The van der Waals surface area contributed by atoms with E-state index in [2.05, 4.69) is 191 Å². The molecular formula is C42H30N2. The van der Waals surface area contributed by atoms with Gasteiger partial charge in [0.15, 0.2) is 0 Å². The predicted octanol–water partition coefficient (Wildman–Crippen LogP) is 11.6. The largest absolute Gasteiger partial charge is 0.310 e. The minimum atomic E-state index is 1.11. The first-order valence-corrected chi connectivity index (χ1v) is 15.0. The number of benzene rings is 7. The van der Waals surface area contributed by atoms with Crippen molar-refractivity contribution in [1.29, 1.82) is 0 Å². The van der Waals surface area contributed by atoms with Gasteiger partial charge in [-0.3, -0.25) is 0 Å². The van der Waals surface area contributed by atoms with Gasteiger partial charge in [0.2, 0.25) is 0 Å². The van der Waals surface area contributed by atoms with Crippen LogP contribution in [0.15, 0.2) is 182 Å². The number of para-hydroxylation sites is 3. The van der Waals surface area contributed by atoms with E-state index in [-0.39, 0.29) is 0 Å². The number of aromatic nitrogens is 1. The van der Waals surface area contributed by atoms with E-state index in [0.29, 0.717) is 0 Å². The van der Waals surface area contributed by atoms with E-state index >= 15 is 0 Å². The number of fused-ring (bicyclic) bond motifs is 3. The van der Waals surface area contributed by atoms with Crippen molar-refractivity contribution in [1.82, 2.24) is 4.57 Å². The summed E-state index contributed by atoms with van der Waals surface area (Å²) in [6, 6.07) is 65.0. The molecule has 1 aromatic heterocycles. The lowest BCUT2D eigenvalue weighted by Gasteiger charge is -2.25. The molecule has 0 saturated carbocycles. The highest BCUT2D eigenvalue weighted by Crippen LogP contribution is 2.42. The zero-order chi connectivity index (χ0) is 29.3. The van der Waals surface area contributed by atoms with Crippen LogP contribution in [0.2, 0.25) is 0 Å². The predicted molar refractivity (Wildman–Crippen MR) is 186 cm³/mol.